The van der Waals surface area contributed by atoms with E-state index in [1.54, 1.807) is 6.20 Å². The minimum atomic E-state index is -0.314. The highest BCUT2D eigenvalue weighted by Crippen LogP contribution is 2.27. The summed E-state index contributed by atoms with van der Waals surface area (Å²) in [6, 6.07) is 9.87. The van der Waals surface area contributed by atoms with Crippen molar-refractivity contribution < 1.29 is 4.79 Å². The first-order chi connectivity index (χ1) is 10.7. The number of halogens is 1. The van der Waals surface area contributed by atoms with Crippen molar-refractivity contribution in [3.8, 4) is 0 Å². The van der Waals surface area contributed by atoms with Gasteiger partial charge in [0.25, 0.3) is 0 Å². The number of nitrogens with zero attached hydrogens (tertiary/aromatic N) is 2. The number of nitrogens with one attached hydrogen (secondary N) is 2. The summed E-state index contributed by atoms with van der Waals surface area (Å²) in [4.78, 5) is 12.5. The molecular formula is C17H23ClN4O. The third-order valence-electron chi connectivity index (χ3n) is 4.26. The number of aromatic nitrogens is 2. The number of hydrogen-bond acceptors (Lipinski definition) is 3. The van der Waals surface area contributed by atoms with Crippen LogP contribution in [0.5, 0.6) is 0 Å². The monoisotopic (exact) mass is 334 g/mol. The molecule has 1 saturated heterocycles. The first-order valence-electron chi connectivity index (χ1n) is 7.74. The molecule has 0 aliphatic carbocycles. The smallest absolute Gasteiger partial charge is 0.231 e. The van der Waals surface area contributed by atoms with E-state index in [0.29, 0.717) is 0 Å². The Kier molecular flexibility index (Phi) is 5.80. The second-order valence-electron chi connectivity index (χ2n) is 6.20. The maximum atomic E-state index is 12.5. The molecule has 2 aromatic rings. The maximum absolute atomic E-state index is 12.5. The van der Waals surface area contributed by atoms with Crippen LogP contribution in [0.2, 0.25) is 0 Å². The van der Waals surface area contributed by atoms with Gasteiger partial charge < -0.3 is 10.6 Å². The number of anilines is 1. The highest BCUT2D eigenvalue weighted by molar-refractivity contribution is 5.95. The predicted molar refractivity (Wildman–Crippen MR) is 93.9 cm³/mol. The van der Waals surface area contributed by atoms with Gasteiger partial charge in [0.1, 0.15) is 0 Å². The van der Waals surface area contributed by atoms with Crippen LogP contribution in [0, 0.1) is 5.41 Å². The van der Waals surface area contributed by atoms with Crippen LogP contribution in [0.25, 0.3) is 0 Å². The van der Waals surface area contributed by atoms with Crippen molar-refractivity contribution in [3.63, 3.8) is 0 Å². The van der Waals surface area contributed by atoms with Gasteiger partial charge in [0.2, 0.25) is 5.91 Å². The molecule has 0 radical (unpaired) electrons. The normalized spacial score (nSPS) is 20.6. The van der Waals surface area contributed by atoms with Crippen LogP contribution in [-0.4, -0.2) is 28.8 Å². The van der Waals surface area contributed by atoms with Gasteiger partial charge in [-0.05, 0) is 50.1 Å². The lowest BCUT2D eigenvalue weighted by atomic mass is 9.82. The molecule has 5 nitrogen and oxygen atoms in total. The van der Waals surface area contributed by atoms with E-state index in [1.165, 1.54) is 0 Å². The molecule has 0 bridgehead atoms. The van der Waals surface area contributed by atoms with E-state index >= 15 is 0 Å². The van der Waals surface area contributed by atoms with Gasteiger partial charge in [-0.15, -0.1) is 12.4 Å². The molecule has 124 valence electrons. The van der Waals surface area contributed by atoms with Crippen LogP contribution < -0.4 is 10.6 Å². The van der Waals surface area contributed by atoms with Crippen LogP contribution >= 0.6 is 12.4 Å². The zero-order valence-corrected chi connectivity index (χ0v) is 14.1. The predicted octanol–water partition coefficient (Wildman–Crippen LogP) is 2.68. The lowest BCUT2D eigenvalue weighted by Gasteiger charge is -2.32. The molecule has 1 atom stereocenters. The van der Waals surface area contributed by atoms with Crippen molar-refractivity contribution in [2.45, 2.75) is 26.3 Å². The fourth-order valence-corrected chi connectivity index (χ4v) is 2.81. The summed E-state index contributed by atoms with van der Waals surface area (Å²) < 4.78 is 1.88. The standard InChI is InChI=1S/C17H22N4O.ClH/c1-17(8-2-9-18-13-17)16(22)20-15-6-4-14(5-7-15)12-21-11-3-10-19-21;/h3-7,10-11,18H,2,8-9,12-13H2,1H3,(H,20,22);1H. The Morgan fingerprint density at radius 1 is 1.39 bits per heavy atom. The molecule has 1 aromatic carbocycles. The van der Waals surface area contributed by atoms with Gasteiger partial charge in [0, 0.05) is 24.6 Å². The van der Waals surface area contributed by atoms with Gasteiger partial charge in [-0.25, -0.2) is 0 Å². The largest absolute Gasteiger partial charge is 0.326 e. The number of rotatable bonds is 4. The van der Waals surface area contributed by atoms with Gasteiger partial charge in [-0.2, -0.15) is 5.10 Å². The van der Waals surface area contributed by atoms with E-state index in [2.05, 4.69) is 15.7 Å². The molecule has 2 N–H and O–H groups in total. The molecule has 1 fully saturated rings. The van der Waals surface area contributed by atoms with Crippen molar-refractivity contribution >= 4 is 24.0 Å². The summed E-state index contributed by atoms with van der Waals surface area (Å²) >= 11 is 0. The fraction of sp³-hybridized carbons (Fsp3) is 0.412. The molecule has 1 aromatic heterocycles. The summed E-state index contributed by atoms with van der Waals surface area (Å²) in [6.45, 7) is 4.52. The zero-order chi connectivity index (χ0) is 15.4. The molecule has 23 heavy (non-hydrogen) atoms. The summed E-state index contributed by atoms with van der Waals surface area (Å²) in [5, 5.41) is 10.5. The quantitative estimate of drug-likeness (QED) is 0.903. The number of benzene rings is 1. The number of hydrogen-bond donors (Lipinski definition) is 2. The number of amides is 1. The minimum absolute atomic E-state index is 0. The second kappa shape index (κ2) is 7.62. The molecule has 1 unspecified atom stereocenters. The first kappa shape index (κ1) is 17.5. The van der Waals surface area contributed by atoms with Crippen LogP contribution in [0.1, 0.15) is 25.3 Å². The highest BCUT2D eigenvalue weighted by atomic mass is 35.5. The summed E-state index contributed by atoms with van der Waals surface area (Å²) in [5.74, 6) is 0.0968. The van der Waals surface area contributed by atoms with Gasteiger partial charge in [-0.1, -0.05) is 12.1 Å². The number of piperidine rings is 1. The van der Waals surface area contributed by atoms with Crippen molar-refractivity contribution in [1.82, 2.24) is 15.1 Å². The molecule has 6 heteroatoms. The third-order valence-corrected chi connectivity index (χ3v) is 4.26. The number of carbonyl (C=O) groups is 1. The van der Waals surface area contributed by atoms with Crippen molar-refractivity contribution in [2.24, 2.45) is 5.41 Å². The van der Waals surface area contributed by atoms with Gasteiger partial charge in [-0.3, -0.25) is 9.48 Å². The molecule has 1 aliphatic heterocycles. The topological polar surface area (TPSA) is 59.0 Å². The average Bonchev–Trinajstić information content (AvgIpc) is 3.03. The second-order valence-corrected chi connectivity index (χ2v) is 6.20. The molecule has 3 rings (SSSR count). The van der Waals surface area contributed by atoms with E-state index in [4.69, 9.17) is 0 Å². The molecule has 1 aliphatic rings. The summed E-state index contributed by atoms with van der Waals surface area (Å²) in [7, 11) is 0. The Morgan fingerprint density at radius 2 is 2.17 bits per heavy atom. The lowest BCUT2D eigenvalue weighted by Crippen LogP contribution is -2.46. The Morgan fingerprint density at radius 3 is 2.78 bits per heavy atom. The zero-order valence-electron chi connectivity index (χ0n) is 13.3. The lowest BCUT2D eigenvalue weighted by molar-refractivity contribution is -0.125. The molecule has 1 amide bonds. The van der Waals surface area contributed by atoms with Gasteiger partial charge in [0.15, 0.2) is 0 Å². The Hall–Kier alpha value is -1.85. The molecule has 0 spiro atoms. The van der Waals surface area contributed by atoms with E-state index in [-0.39, 0.29) is 23.7 Å². The van der Waals surface area contributed by atoms with Gasteiger partial charge in [0.05, 0.1) is 12.0 Å². The SMILES string of the molecule is CC1(C(=O)Nc2ccc(Cn3cccn3)cc2)CCCNC1.Cl. The molecule has 2 heterocycles. The van der Waals surface area contributed by atoms with Crippen molar-refractivity contribution in [1.29, 1.82) is 0 Å². The van der Waals surface area contributed by atoms with E-state index in [0.717, 1.165) is 43.7 Å². The van der Waals surface area contributed by atoms with Crippen molar-refractivity contribution in [3.05, 3.63) is 48.3 Å². The Labute approximate surface area is 142 Å². The first-order valence-corrected chi connectivity index (χ1v) is 7.74. The van der Waals surface area contributed by atoms with Crippen LogP contribution in [0.15, 0.2) is 42.7 Å². The van der Waals surface area contributed by atoms with Crippen molar-refractivity contribution in [2.75, 3.05) is 18.4 Å². The number of carbonyl (C=O) groups excluding carboxylic acids is 1. The summed E-state index contributed by atoms with van der Waals surface area (Å²) in [5.41, 5.74) is 1.69. The Bertz CT molecular complexity index is 619. The fourth-order valence-electron chi connectivity index (χ4n) is 2.81. The van der Waals surface area contributed by atoms with E-state index in [1.807, 2.05) is 48.1 Å². The van der Waals surface area contributed by atoms with E-state index < -0.39 is 0 Å². The summed E-state index contributed by atoms with van der Waals surface area (Å²) in [6.07, 6.45) is 5.69. The minimum Gasteiger partial charge on any atom is -0.326 e. The Balaban J connectivity index is 0.00000192. The van der Waals surface area contributed by atoms with Crippen LogP contribution in [0.4, 0.5) is 5.69 Å². The molecule has 0 saturated carbocycles. The highest BCUT2D eigenvalue weighted by Gasteiger charge is 2.34. The van der Waals surface area contributed by atoms with Gasteiger partial charge >= 0.3 is 0 Å². The van der Waals surface area contributed by atoms with E-state index in [9.17, 15) is 4.79 Å². The average molecular weight is 335 g/mol. The third kappa shape index (κ3) is 4.33. The van der Waals surface area contributed by atoms with Crippen LogP contribution in [-0.2, 0) is 11.3 Å². The molecular weight excluding hydrogens is 312 g/mol. The van der Waals surface area contributed by atoms with Crippen LogP contribution in [0.3, 0.4) is 0 Å². The maximum Gasteiger partial charge on any atom is 0.231 e.